The zero-order valence-electron chi connectivity index (χ0n) is 19.5. The molecule has 2 aromatic rings. The Balaban J connectivity index is 1.46. The number of nitrogens with one attached hydrogen (secondary N) is 2. The molecule has 2 aliphatic heterocycles. The third-order valence-corrected chi connectivity index (χ3v) is 6.42. The molecule has 178 valence electrons. The van der Waals surface area contributed by atoms with Crippen molar-refractivity contribution >= 4 is 34.4 Å². The van der Waals surface area contributed by atoms with E-state index in [1.807, 2.05) is 0 Å². The lowest BCUT2D eigenvalue weighted by atomic mass is 10.1. The Bertz CT molecular complexity index is 1090. The molecule has 1 aromatic carbocycles. The van der Waals surface area contributed by atoms with Gasteiger partial charge in [-0.25, -0.2) is 4.79 Å². The standard InChI is InChI=1S/C23H32N6O4/c1-15-17(25-19(30)14-28-12-10-27(3)11-13-28)6-7-18-20(15)22(32)33-23(26-18)24-16(2)21(31)29-8-4-5-9-29/h6-7,16H,4-5,8-14H2,1-3H3,(H,24,26)(H,25,30)/t16-/m0/s1. The number of benzene rings is 1. The molecule has 10 heteroatoms. The van der Waals surface area contributed by atoms with Crippen LogP contribution in [-0.4, -0.2) is 90.4 Å². The van der Waals surface area contributed by atoms with Gasteiger partial charge in [0.25, 0.3) is 6.01 Å². The topological polar surface area (TPSA) is 111 Å². The molecular weight excluding hydrogens is 424 g/mol. The first-order valence-corrected chi connectivity index (χ1v) is 11.5. The zero-order valence-corrected chi connectivity index (χ0v) is 19.5. The fourth-order valence-corrected chi connectivity index (χ4v) is 4.37. The Hall–Kier alpha value is -2.98. The van der Waals surface area contributed by atoms with Gasteiger partial charge in [0.05, 0.1) is 17.4 Å². The van der Waals surface area contributed by atoms with Crippen molar-refractivity contribution in [2.45, 2.75) is 32.7 Å². The molecule has 2 N–H and O–H groups in total. The number of hydrogen-bond acceptors (Lipinski definition) is 8. The van der Waals surface area contributed by atoms with Gasteiger partial charge in [-0.15, -0.1) is 0 Å². The summed E-state index contributed by atoms with van der Waals surface area (Å²) in [6.45, 7) is 8.89. The molecule has 0 unspecified atom stereocenters. The van der Waals surface area contributed by atoms with Gasteiger partial charge < -0.3 is 24.9 Å². The van der Waals surface area contributed by atoms with Gasteiger partial charge in [0, 0.05) is 45.0 Å². The summed E-state index contributed by atoms with van der Waals surface area (Å²) in [5, 5.41) is 6.15. The summed E-state index contributed by atoms with van der Waals surface area (Å²) < 4.78 is 5.37. The van der Waals surface area contributed by atoms with Gasteiger partial charge in [-0.3, -0.25) is 14.5 Å². The Morgan fingerprint density at radius 2 is 1.82 bits per heavy atom. The van der Waals surface area contributed by atoms with Crippen molar-refractivity contribution in [2.24, 2.45) is 0 Å². The Morgan fingerprint density at radius 1 is 1.12 bits per heavy atom. The minimum atomic E-state index is -0.559. The van der Waals surface area contributed by atoms with Crippen LogP contribution in [0, 0.1) is 6.92 Å². The van der Waals surface area contributed by atoms with Crippen LogP contribution in [0.1, 0.15) is 25.3 Å². The number of fused-ring (bicyclic) bond motifs is 1. The number of carbonyl (C=O) groups is 2. The Kier molecular flexibility index (Phi) is 6.94. The van der Waals surface area contributed by atoms with Crippen molar-refractivity contribution in [3.05, 3.63) is 28.1 Å². The number of anilines is 2. The molecule has 4 rings (SSSR count). The summed E-state index contributed by atoms with van der Waals surface area (Å²) in [5.74, 6) is -0.154. The number of nitrogens with zero attached hydrogens (tertiary/aromatic N) is 4. The van der Waals surface area contributed by atoms with Gasteiger partial charge in [0.2, 0.25) is 11.8 Å². The lowest BCUT2D eigenvalue weighted by Crippen LogP contribution is -2.47. The van der Waals surface area contributed by atoms with Gasteiger partial charge in [0.15, 0.2) is 0 Å². The van der Waals surface area contributed by atoms with E-state index in [0.717, 1.165) is 52.1 Å². The van der Waals surface area contributed by atoms with Gasteiger partial charge in [-0.05, 0) is 51.4 Å². The second-order valence-corrected chi connectivity index (χ2v) is 8.96. The highest BCUT2D eigenvalue weighted by atomic mass is 16.4. The monoisotopic (exact) mass is 456 g/mol. The summed E-state index contributed by atoms with van der Waals surface area (Å²) in [6, 6.07) is 2.89. The number of carbonyl (C=O) groups excluding carboxylic acids is 2. The first kappa shape index (κ1) is 23.2. The van der Waals surface area contributed by atoms with Crippen LogP contribution in [0.4, 0.5) is 11.7 Å². The van der Waals surface area contributed by atoms with Crippen molar-refractivity contribution in [2.75, 3.05) is 63.5 Å². The fourth-order valence-electron chi connectivity index (χ4n) is 4.37. The van der Waals surface area contributed by atoms with E-state index < -0.39 is 11.7 Å². The normalized spacial score (nSPS) is 18.5. The summed E-state index contributed by atoms with van der Waals surface area (Å²) in [4.78, 5) is 48.4. The lowest BCUT2D eigenvalue weighted by molar-refractivity contribution is -0.130. The summed E-state index contributed by atoms with van der Waals surface area (Å²) in [7, 11) is 2.07. The maximum absolute atomic E-state index is 12.7. The van der Waals surface area contributed by atoms with E-state index in [1.165, 1.54) is 0 Å². The smallest absolute Gasteiger partial charge is 0.348 e. The van der Waals surface area contributed by atoms with E-state index in [0.29, 0.717) is 28.7 Å². The molecule has 1 aromatic heterocycles. The SMILES string of the molecule is Cc1c(NC(=O)CN2CCN(C)CC2)ccc2nc(N[C@@H](C)C(=O)N3CCCC3)oc(=O)c12. The van der Waals surface area contributed by atoms with E-state index in [4.69, 9.17) is 4.42 Å². The number of amides is 2. The Labute approximate surface area is 192 Å². The maximum Gasteiger partial charge on any atom is 0.348 e. The van der Waals surface area contributed by atoms with Crippen molar-refractivity contribution < 1.29 is 14.0 Å². The van der Waals surface area contributed by atoms with Crippen LogP contribution in [0.5, 0.6) is 0 Å². The highest BCUT2D eigenvalue weighted by molar-refractivity contribution is 5.96. The molecule has 3 heterocycles. The van der Waals surface area contributed by atoms with Crippen LogP contribution in [0.3, 0.4) is 0 Å². The van der Waals surface area contributed by atoms with E-state index in [1.54, 1.807) is 30.9 Å². The van der Waals surface area contributed by atoms with Crippen molar-refractivity contribution in [3.63, 3.8) is 0 Å². The van der Waals surface area contributed by atoms with Crippen LogP contribution in [0.25, 0.3) is 10.9 Å². The molecule has 10 nitrogen and oxygen atoms in total. The van der Waals surface area contributed by atoms with Gasteiger partial charge in [-0.1, -0.05) is 0 Å². The average molecular weight is 457 g/mol. The molecule has 0 aliphatic carbocycles. The fraction of sp³-hybridized carbons (Fsp3) is 0.565. The number of piperazine rings is 1. The number of aryl methyl sites for hydroxylation is 1. The quantitative estimate of drug-likeness (QED) is 0.665. The zero-order chi connectivity index (χ0) is 23.5. The largest absolute Gasteiger partial charge is 0.389 e. The minimum Gasteiger partial charge on any atom is -0.389 e. The van der Waals surface area contributed by atoms with E-state index in [-0.39, 0.29) is 17.8 Å². The molecule has 0 bridgehead atoms. The second kappa shape index (κ2) is 9.88. The summed E-state index contributed by atoms with van der Waals surface area (Å²) in [5.41, 5.74) is 1.06. The number of aromatic nitrogens is 1. The van der Waals surface area contributed by atoms with Crippen molar-refractivity contribution in [1.29, 1.82) is 0 Å². The van der Waals surface area contributed by atoms with Crippen LogP contribution in [0.15, 0.2) is 21.3 Å². The third kappa shape index (κ3) is 5.33. The Morgan fingerprint density at radius 3 is 2.52 bits per heavy atom. The molecule has 1 atom stereocenters. The number of hydrogen-bond donors (Lipinski definition) is 2. The average Bonchev–Trinajstić information content (AvgIpc) is 3.31. The number of rotatable bonds is 6. The number of likely N-dealkylation sites (tertiary alicyclic amines) is 1. The highest BCUT2D eigenvalue weighted by Gasteiger charge is 2.24. The van der Waals surface area contributed by atoms with Crippen LogP contribution < -0.4 is 16.3 Å². The third-order valence-electron chi connectivity index (χ3n) is 6.42. The van der Waals surface area contributed by atoms with E-state index >= 15 is 0 Å². The van der Waals surface area contributed by atoms with E-state index in [2.05, 4.69) is 32.5 Å². The predicted molar refractivity (Wildman–Crippen MR) is 126 cm³/mol. The van der Waals surface area contributed by atoms with Crippen LogP contribution >= 0.6 is 0 Å². The molecule has 0 radical (unpaired) electrons. The number of likely N-dealkylation sites (N-methyl/N-ethyl adjacent to an activating group) is 1. The molecule has 0 saturated carbocycles. The van der Waals surface area contributed by atoms with Crippen molar-refractivity contribution in [3.8, 4) is 0 Å². The lowest BCUT2D eigenvalue weighted by Gasteiger charge is -2.31. The first-order valence-electron chi connectivity index (χ1n) is 11.5. The summed E-state index contributed by atoms with van der Waals surface area (Å²) >= 11 is 0. The molecule has 2 amide bonds. The molecule has 33 heavy (non-hydrogen) atoms. The summed E-state index contributed by atoms with van der Waals surface area (Å²) in [6.07, 6.45) is 2.02. The molecule has 0 spiro atoms. The van der Waals surface area contributed by atoms with Gasteiger partial charge in [-0.2, -0.15) is 4.98 Å². The van der Waals surface area contributed by atoms with E-state index in [9.17, 15) is 14.4 Å². The molecule has 2 fully saturated rings. The minimum absolute atomic E-state index is 0.0128. The second-order valence-electron chi connectivity index (χ2n) is 8.96. The van der Waals surface area contributed by atoms with Crippen molar-refractivity contribution in [1.82, 2.24) is 19.7 Å². The van der Waals surface area contributed by atoms with Gasteiger partial charge >= 0.3 is 5.63 Å². The first-order chi connectivity index (χ1) is 15.8. The van der Waals surface area contributed by atoms with Crippen LogP contribution in [0.2, 0.25) is 0 Å². The molecule has 2 saturated heterocycles. The highest BCUT2D eigenvalue weighted by Crippen LogP contribution is 2.23. The predicted octanol–water partition coefficient (Wildman–Crippen LogP) is 1.11. The van der Waals surface area contributed by atoms with Gasteiger partial charge in [0.1, 0.15) is 6.04 Å². The maximum atomic E-state index is 12.7. The molecule has 2 aliphatic rings. The molecular formula is C23H32N6O4. The van der Waals surface area contributed by atoms with Crippen LogP contribution in [-0.2, 0) is 9.59 Å².